The predicted octanol–water partition coefficient (Wildman–Crippen LogP) is 1.05. The highest BCUT2D eigenvalue weighted by Gasteiger charge is 2.39. The van der Waals surface area contributed by atoms with Gasteiger partial charge in [0.2, 0.25) is 17.7 Å². The molecule has 1 atom stereocenters. The Hall–Kier alpha value is -2.69. The van der Waals surface area contributed by atoms with Crippen molar-refractivity contribution in [1.82, 2.24) is 15.5 Å². The lowest BCUT2D eigenvalue weighted by molar-refractivity contribution is -0.137. The highest BCUT2D eigenvalue weighted by atomic mass is 35.5. The molecule has 0 spiro atoms. The van der Waals surface area contributed by atoms with Crippen LogP contribution in [0.1, 0.15) is 48.0 Å². The fraction of sp³-hybridized carbons (Fsp3) is 0.677. The van der Waals surface area contributed by atoms with Gasteiger partial charge in [-0.15, -0.1) is 12.4 Å². The summed E-state index contributed by atoms with van der Waals surface area (Å²) < 4.78 is 33.3. The molecule has 15 heteroatoms. The largest absolute Gasteiger partial charge is 0.379 e. The van der Waals surface area contributed by atoms with Crippen molar-refractivity contribution >= 4 is 41.7 Å². The Balaban J connectivity index is 0.00000576. The van der Waals surface area contributed by atoms with Gasteiger partial charge in [-0.1, -0.05) is 6.07 Å². The van der Waals surface area contributed by atoms with Crippen molar-refractivity contribution < 1.29 is 47.6 Å². The quantitative estimate of drug-likeness (QED) is 0.127. The standard InChI is InChI=1S/C31H46N4O10.ClH/c36-28-5-4-27(30(38)34-28)35-22-25-24(31(35)39)2-1-3-26(25)33-29(37)8-11-40-12-13-41-14-15-42-16-17-43-18-19-44-20-21-45-23-6-9-32-10-7-23;/h1-3,23,27,32H,4-22H2,(H,33,37)(H,34,36,38);1H. The van der Waals surface area contributed by atoms with Gasteiger partial charge >= 0.3 is 0 Å². The third-order valence-corrected chi connectivity index (χ3v) is 7.69. The molecule has 0 radical (unpaired) electrons. The van der Waals surface area contributed by atoms with Crippen molar-refractivity contribution in [2.75, 3.05) is 91.1 Å². The molecule has 0 bridgehead atoms. The topological polar surface area (TPSA) is 163 Å². The highest BCUT2D eigenvalue weighted by Crippen LogP contribution is 2.32. The molecule has 1 unspecified atom stereocenters. The van der Waals surface area contributed by atoms with Crippen LogP contribution in [0.3, 0.4) is 0 Å². The number of hydrogen-bond acceptors (Lipinski definition) is 11. The van der Waals surface area contributed by atoms with Gasteiger partial charge in [-0.05, 0) is 44.5 Å². The second-order valence-corrected chi connectivity index (χ2v) is 10.9. The molecule has 3 heterocycles. The second-order valence-electron chi connectivity index (χ2n) is 10.9. The van der Waals surface area contributed by atoms with Gasteiger partial charge in [-0.3, -0.25) is 24.5 Å². The molecule has 14 nitrogen and oxygen atoms in total. The Kier molecular flexibility index (Phi) is 17.4. The normalized spacial score (nSPS) is 18.3. The zero-order valence-corrected chi connectivity index (χ0v) is 27.1. The van der Waals surface area contributed by atoms with Crippen molar-refractivity contribution in [2.45, 2.75) is 50.8 Å². The molecule has 0 aliphatic carbocycles. The molecule has 2 fully saturated rings. The lowest BCUT2D eigenvalue weighted by Crippen LogP contribution is -2.52. The molecule has 4 rings (SSSR count). The fourth-order valence-electron chi connectivity index (χ4n) is 5.30. The molecule has 0 saturated carbocycles. The molecule has 4 amide bonds. The number of nitrogens with zero attached hydrogens (tertiary/aromatic N) is 1. The maximum atomic E-state index is 12.9. The molecule has 0 aromatic heterocycles. The Morgan fingerprint density at radius 1 is 0.804 bits per heavy atom. The maximum absolute atomic E-state index is 12.9. The van der Waals surface area contributed by atoms with Crippen LogP contribution in [0.2, 0.25) is 0 Å². The highest BCUT2D eigenvalue weighted by molar-refractivity contribution is 6.06. The monoisotopic (exact) mass is 670 g/mol. The summed E-state index contributed by atoms with van der Waals surface area (Å²) in [5.74, 6) is -1.35. The minimum absolute atomic E-state index is 0. The number of anilines is 1. The number of benzene rings is 1. The number of piperidine rings is 2. The van der Waals surface area contributed by atoms with E-state index in [0.29, 0.717) is 89.0 Å². The van der Waals surface area contributed by atoms with Gasteiger partial charge < -0.3 is 44.0 Å². The third-order valence-electron chi connectivity index (χ3n) is 7.69. The first-order valence-corrected chi connectivity index (χ1v) is 15.8. The molecule has 1 aromatic rings. The van der Waals surface area contributed by atoms with Gasteiger partial charge in [0.15, 0.2) is 0 Å². The molecule has 2 saturated heterocycles. The van der Waals surface area contributed by atoms with E-state index in [9.17, 15) is 19.2 Å². The van der Waals surface area contributed by atoms with Gasteiger partial charge in [0, 0.05) is 29.8 Å². The minimum atomic E-state index is -0.710. The van der Waals surface area contributed by atoms with Crippen molar-refractivity contribution in [2.24, 2.45) is 0 Å². The summed E-state index contributed by atoms with van der Waals surface area (Å²) in [4.78, 5) is 50.7. The Bertz CT molecular complexity index is 1120. The summed E-state index contributed by atoms with van der Waals surface area (Å²) in [6.45, 7) is 7.23. The number of imide groups is 1. The fourth-order valence-corrected chi connectivity index (χ4v) is 5.30. The molecule has 258 valence electrons. The average molecular weight is 671 g/mol. The lowest BCUT2D eigenvalue weighted by atomic mass is 10.0. The van der Waals surface area contributed by atoms with Gasteiger partial charge in [0.1, 0.15) is 6.04 Å². The van der Waals surface area contributed by atoms with E-state index in [4.69, 9.17) is 28.4 Å². The van der Waals surface area contributed by atoms with Crippen LogP contribution in [-0.2, 0) is 49.3 Å². The summed E-state index contributed by atoms with van der Waals surface area (Å²) in [7, 11) is 0. The SMILES string of the molecule is Cl.O=C1CCC(N2Cc3c(NC(=O)CCOCCOCCOCCOCCOCCOC4CCNCC4)cccc3C2=O)C(=O)N1. The smallest absolute Gasteiger partial charge is 0.255 e. The molecule has 1 aromatic carbocycles. The number of rotatable bonds is 21. The van der Waals surface area contributed by atoms with E-state index < -0.39 is 11.9 Å². The summed E-state index contributed by atoms with van der Waals surface area (Å²) in [6, 6.07) is 4.38. The molecule has 3 aliphatic heterocycles. The van der Waals surface area contributed by atoms with Crippen LogP contribution >= 0.6 is 12.4 Å². The first-order valence-electron chi connectivity index (χ1n) is 15.8. The van der Waals surface area contributed by atoms with E-state index in [-0.39, 0.29) is 62.5 Å². The van der Waals surface area contributed by atoms with Crippen molar-refractivity contribution in [3.8, 4) is 0 Å². The molecule has 3 aliphatic rings. The summed E-state index contributed by atoms with van der Waals surface area (Å²) in [6.07, 6.45) is 3.06. The number of amides is 4. The number of carbonyl (C=O) groups is 4. The molecule has 3 N–H and O–H groups in total. The van der Waals surface area contributed by atoms with Crippen LogP contribution in [0.4, 0.5) is 5.69 Å². The van der Waals surface area contributed by atoms with Crippen LogP contribution in [0, 0.1) is 0 Å². The predicted molar refractivity (Wildman–Crippen MR) is 169 cm³/mol. The number of hydrogen-bond donors (Lipinski definition) is 3. The van der Waals surface area contributed by atoms with Gasteiger partial charge in [0.25, 0.3) is 5.91 Å². The summed E-state index contributed by atoms with van der Waals surface area (Å²) in [5.41, 5.74) is 1.62. The summed E-state index contributed by atoms with van der Waals surface area (Å²) >= 11 is 0. The van der Waals surface area contributed by atoms with E-state index in [0.717, 1.165) is 25.9 Å². The maximum Gasteiger partial charge on any atom is 0.255 e. The molecular weight excluding hydrogens is 624 g/mol. The lowest BCUT2D eigenvalue weighted by Gasteiger charge is -2.29. The number of ether oxygens (including phenoxy) is 6. The first kappa shape index (κ1) is 37.8. The van der Waals surface area contributed by atoms with Crippen molar-refractivity contribution in [3.63, 3.8) is 0 Å². The van der Waals surface area contributed by atoms with Gasteiger partial charge in [-0.2, -0.15) is 0 Å². The van der Waals surface area contributed by atoms with Crippen LogP contribution < -0.4 is 16.0 Å². The van der Waals surface area contributed by atoms with E-state index in [1.165, 1.54) is 4.90 Å². The molecular formula is C31H47ClN4O10. The number of nitrogens with one attached hydrogen (secondary N) is 3. The van der Waals surface area contributed by atoms with E-state index in [1.807, 2.05) is 0 Å². The number of halogens is 1. The van der Waals surface area contributed by atoms with E-state index in [1.54, 1.807) is 18.2 Å². The number of carbonyl (C=O) groups excluding carboxylic acids is 4. The van der Waals surface area contributed by atoms with Crippen LogP contribution in [0.15, 0.2) is 18.2 Å². The van der Waals surface area contributed by atoms with Crippen LogP contribution in [0.25, 0.3) is 0 Å². The summed E-state index contributed by atoms with van der Waals surface area (Å²) in [5, 5.41) is 8.45. The molecule has 46 heavy (non-hydrogen) atoms. The van der Waals surface area contributed by atoms with Crippen LogP contribution in [0.5, 0.6) is 0 Å². The average Bonchev–Trinajstić information content (AvgIpc) is 3.37. The van der Waals surface area contributed by atoms with Crippen LogP contribution in [-0.4, -0.2) is 126 Å². The van der Waals surface area contributed by atoms with E-state index in [2.05, 4.69) is 16.0 Å². The van der Waals surface area contributed by atoms with Gasteiger partial charge in [0.05, 0.1) is 85.2 Å². The van der Waals surface area contributed by atoms with Crippen molar-refractivity contribution in [1.29, 1.82) is 0 Å². The first-order chi connectivity index (χ1) is 22.0. The van der Waals surface area contributed by atoms with Gasteiger partial charge in [-0.25, -0.2) is 0 Å². The zero-order chi connectivity index (χ0) is 31.7. The zero-order valence-electron chi connectivity index (χ0n) is 26.3. The Morgan fingerprint density at radius 3 is 2.00 bits per heavy atom. The van der Waals surface area contributed by atoms with E-state index >= 15 is 0 Å². The van der Waals surface area contributed by atoms with Crippen molar-refractivity contribution in [3.05, 3.63) is 29.3 Å². The Labute approximate surface area is 275 Å². The second kappa shape index (κ2) is 21.2. The Morgan fingerprint density at radius 2 is 1.39 bits per heavy atom. The third kappa shape index (κ3) is 12.5. The minimum Gasteiger partial charge on any atom is -0.379 e. The number of fused-ring (bicyclic) bond motifs is 1.